The van der Waals surface area contributed by atoms with Crippen molar-refractivity contribution in [1.82, 2.24) is 16.0 Å². The minimum Gasteiger partial charge on any atom is -0.493 e. The van der Waals surface area contributed by atoms with Crippen molar-refractivity contribution in [3.8, 4) is 5.75 Å². The molecule has 0 fully saturated rings. The summed E-state index contributed by atoms with van der Waals surface area (Å²) in [6, 6.07) is 11.6. The fraction of sp³-hybridized carbons (Fsp3) is 0.423. The van der Waals surface area contributed by atoms with E-state index in [0.29, 0.717) is 30.5 Å². The summed E-state index contributed by atoms with van der Waals surface area (Å²) in [7, 11) is 1.61. The fourth-order valence-corrected chi connectivity index (χ4v) is 3.99. The van der Waals surface area contributed by atoms with Crippen LogP contribution in [0.4, 0.5) is 0 Å². The van der Waals surface area contributed by atoms with Crippen LogP contribution in [0.5, 0.6) is 5.75 Å². The highest BCUT2D eigenvalue weighted by Crippen LogP contribution is 2.24. The van der Waals surface area contributed by atoms with Gasteiger partial charge in [0, 0.05) is 31.6 Å². The van der Waals surface area contributed by atoms with Gasteiger partial charge >= 0.3 is 0 Å². The Kier molecular flexibility index (Phi) is 10.4. The Morgan fingerprint density at radius 3 is 2.74 bits per heavy atom. The third-order valence-electron chi connectivity index (χ3n) is 5.74. The lowest BCUT2D eigenvalue weighted by atomic mass is 10.1. The van der Waals surface area contributed by atoms with Crippen LogP contribution in [0.25, 0.3) is 0 Å². The molecular weight excluding hydrogens is 470 g/mol. The minimum absolute atomic E-state index is 0.109. The first-order valence-electron chi connectivity index (χ1n) is 11.8. The molecule has 0 saturated carbocycles. The molecule has 1 aliphatic rings. The van der Waals surface area contributed by atoms with Crippen LogP contribution < -0.4 is 20.7 Å². The van der Waals surface area contributed by atoms with E-state index in [-0.39, 0.29) is 36.8 Å². The molecule has 2 aromatic carbocycles. The smallest absolute Gasteiger partial charge is 0.255 e. The van der Waals surface area contributed by atoms with Gasteiger partial charge in [0.1, 0.15) is 11.8 Å². The Bertz CT molecular complexity index is 1030. The van der Waals surface area contributed by atoms with Crippen molar-refractivity contribution < 1.29 is 23.9 Å². The number of hydrogen-bond donors (Lipinski definition) is 3. The third-order valence-corrected chi connectivity index (χ3v) is 5.98. The molecule has 3 N–H and O–H groups in total. The zero-order valence-electron chi connectivity index (χ0n) is 19.9. The molecule has 0 radical (unpaired) electrons. The molecule has 0 aliphatic carbocycles. The van der Waals surface area contributed by atoms with Crippen molar-refractivity contribution in [1.29, 1.82) is 0 Å². The van der Waals surface area contributed by atoms with Gasteiger partial charge in [0.05, 0.1) is 18.8 Å². The summed E-state index contributed by atoms with van der Waals surface area (Å²) in [5, 5.41) is 8.91. The average molecular weight is 502 g/mol. The average Bonchev–Trinajstić information content (AvgIpc) is 2.85. The van der Waals surface area contributed by atoms with E-state index >= 15 is 0 Å². The molecule has 0 spiro atoms. The van der Waals surface area contributed by atoms with E-state index < -0.39 is 11.9 Å². The molecule has 0 bridgehead atoms. The van der Waals surface area contributed by atoms with Gasteiger partial charge < -0.3 is 25.4 Å². The standard InChI is InChI=1S/C26H32ClN3O5/c1-34-17-19-8-4-3-7-18(19)16-29-26(33)22-10-12-24(31)28-13-5-2-6-14-35-23-11-9-20(27)15-21(23)25(32)30-22/h3-4,7-9,11,15,22H,2,5-6,10,12-14,16-17H2,1H3,(H,28,31)(H,29,33)(H,30,32)/t22-/m0/s1. The SMILES string of the molecule is COCc1ccccc1CNC(=O)[C@@H]1CCC(=O)NCCCCCOc2ccc(Cl)cc2C(=O)N1. The zero-order chi connectivity index (χ0) is 25.0. The summed E-state index contributed by atoms with van der Waals surface area (Å²) in [5.74, 6) is -0.620. The second kappa shape index (κ2) is 13.7. The number of methoxy groups -OCH3 is 1. The first-order valence-corrected chi connectivity index (χ1v) is 12.2. The van der Waals surface area contributed by atoms with E-state index in [4.69, 9.17) is 21.1 Å². The molecule has 0 unspecified atom stereocenters. The van der Waals surface area contributed by atoms with Gasteiger partial charge in [-0.3, -0.25) is 14.4 Å². The monoisotopic (exact) mass is 501 g/mol. The summed E-state index contributed by atoms with van der Waals surface area (Å²) in [6.07, 6.45) is 2.75. The molecule has 9 heteroatoms. The number of fused-ring (bicyclic) bond motifs is 1. The molecule has 2 aromatic rings. The van der Waals surface area contributed by atoms with Crippen LogP contribution in [0.3, 0.4) is 0 Å². The molecule has 1 atom stereocenters. The molecule has 0 saturated heterocycles. The second-order valence-corrected chi connectivity index (χ2v) is 8.82. The Morgan fingerprint density at radius 2 is 1.94 bits per heavy atom. The Morgan fingerprint density at radius 1 is 1.14 bits per heavy atom. The number of carbonyl (C=O) groups is 3. The second-order valence-electron chi connectivity index (χ2n) is 8.38. The summed E-state index contributed by atoms with van der Waals surface area (Å²) in [5.41, 5.74) is 2.12. The summed E-state index contributed by atoms with van der Waals surface area (Å²) < 4.78 is 11.1. The van der Waals surface area contributed by atoms with E-state index in [1.165, 1.54) is 6.07 Å². The number of rotatable bonds is 5. The highest BCUT2D eigenvalue weighted by atomic mass is 35.5. The maximum absolute atomic E-state index is 13.2. The van der Waals surface area contributed by atoms with Crippen molar-refractivity contribution in [3.63, 3.8) is 0 Å². The Hall–Kier alpha value is -3.10. The van der Waals surface area contributed by atoms with Crippen LogP contribution in [0.2, 0.25) is 5.02 Å². The van der Waals surface area contributed by atoms with Crippen molar-refractivity contribution >= 4 is 29.3 Å². The van der Waals surface area contributed by atoms with Crippen molar-refractivity contribution in [2.24, 2.45) is 0 Å². The minimum atomic E-state index is -0.917. The molecule has 1 aliphatic heterocycles. The molecule has 35 heavy (non-hydrogen) atoms. The van der Waals surface area contributed by atoms with E-state index in [1.807, 2.05) is 24.3 Å². The quantitative estimate of drug-likeness (QED) is 0.582. The van der Waals surface area contributed by atoms with E-state index in [1.54, 1.807) is 19.2 Å². The van der Waals surface area contributed by atoms with E-state index in [9.17, 15) is 14.4 Å². The van der Waals surface area contributed by atoms with Gasteiger partial charge in [0.2, 0.25) is 11.8 Å². The first-order chi connectivity index (χ1) is 17.0. The molecule has 3 rings (SSSR count). The van der Waals surface area contributed by atoms with Crippen LogP contribution in [-0.4, -0.2) is 44.0 Å². The maximum atomic E-state index is 13.2. The lowest BCUT2D eigenvalue weighted by Crippen LogP contribution is -2.47. The van der Waals surface area contributed by atoms with Crippen molar-refractivity contribution in [2.45, 2.75) is 51.3 Å². The van der Waals surface area contributed by atoms with Crippen LogP contribution in [0, 0.1) is 0 Å². The molecule has 0 aromatic heterocycles. The number of benzene rings is 2. The van der Waals surface area contributed by atoms with Gasteiger partial charge in [-0.2, -0.15) is 0 Å². The summed E-state index contributed by atoms with van der Waals surface area (Å²) in [4.78, 5) is 38.6. The van der Waals surface area contributed by atoms with E-state index in [2.05, 4.69) is 16.0 Å². The van der Waals surface area contributed by atoms with Crippen molar-refractivity contribution in [2.75, 3.05) is 20.3 Å². The molecular formula is C26H32ClN3O5. The Labute approximate surface area is 210 Å². The lowest BCUT2D eigenvalue weighted by molar-refractivity contribution is -0.124. The predicted molar refractivity (Wildman–Crippen MR) is 133 cm³/mol. The number of hydrogen-bond acceptors (Lipinski definition) is 5. The molecule has 1 heterocycles. The Balaban J connectivity index is 1.78. The lowest BCUT2D eigenvalue weighted by Gasteiger charge is -2.20. The molecule has 8 nitrogen and oxygen atoms in total. The van der Waals surface area contributed by atoms with Gasteiger partial charge in [-0.15, -0.1) is 0 Å². The highest BCUT2D eigenvalue weighted by Gasteiger charge is 2.24. The summed E-state index contributed by atoms with van der Waals surface area (Å²) >= 11 is 6.13. The van der Waals surface area contributed by atoms with Crippen LogP contribution in [0.1, 0.15) is 53.6 Å². The van der Waals surface area contributed by atoms with Gasteiger partial charge in [-0.1, -0.05) is 35.9 Å². The predicted octanol–water partition coefficient (Wildman–Crippen LogP) is 3.36. The largest absolute Gasteiger partial charge is 0.493 e. The molecule has 3 amide bonds. The van der Waals surface area contributed by atoms with Gasteiger partial charge in [0.25, 0.3) is 5.91 Å². The topological polar surface area (TPSA) is 106 Å². The number of amides is 3. The highest BCUT2D eigenvalue weighted by molar-refractivity contribution is 6.31. The van der Waals surface area contributed by atoms with Gasteiger partial charge in [-0.25, -0.2) is 0 Å². The molecule has 188 valence electrons. The third kappa shape index (κ3) is 8.26. The number of halogens is 1. The first kappa shape index (κ1) is 26.5. The number of carbonyl (C=O) groups excluding carboxylic acids is 3. The zero-order valence-corrected chi connectivity index (χ0v) is 20.7. The van der Waals surface area contributed by atoms with E-state index in [0.717, 1.165) is 30.4 Å². The van der Waals surface area contributed by atoms with Crippen LogP contribution >= 0.6 is 11.6 Å². The summed E-state index contributed by atoms with van der Waals surface area (Å²) in [6.45, 7) is 1.68. The van der Waals surface area contributed by atoms with Crippen LogP contribution in [-0.2, 0) is 27.5 Å². The normalized spacial score (nSPS) is 17.6. The van der Waals surface area contributed by atoms with Crippen molar-refractivity contribution in [3.05, 3.63) is 64.2 Å². The van der Waals surface area contributed by atoms with Crippen LogP contribution in [0.15, 0.2) is 42.5 Å². The number of nitrogens with one attached hydrogen (secondary N) is 3. The fourth-order valence-electron chi connectivity index (χ4n) is 3.82. The van der Waals surface area contributed by atoms with Gasteiger partial charge in [0.15, 0.2) is 0 Å². The maximum Gasteiger partial charge on any atom is 0.255 e. The van der Waals surface area contributed by atoms with Gasteiger partial charge in [-0.05, 0) is 55.0 Å². The number of ether oxygens (including phenoxy) is 2.